The van der Waals surface area contributed by atoms with Crippen LogP contribution in [-0.4, -0.2) is 38.1 Å². The normalized spacial score (nSPS) is 16.1. The van der Waals surface area contributed by atoms with E-state index in [1.165, 1.54) is 54.9 Å². The van der Waals surface area contributed by atoms with Crippen molar-refractivity contribution in [3.05, 3.63) is 34.4 Å². The number of nitrogens with zero attached hydrogens (tertiary/aromatic N) is 1. The van der Waals surface area contributed by atoms with Gasteiger partial charge in [0.15, 0.2) is 0 Å². The summed E-state index contributed by atoms with van der Waals surface area (Å²) in [5.74, 6) is 0.871. The monoisotopic (exact) mass is 246 g/mol. The van der Waals surface area contributed by atoms with Gasteiger partial charge in [-0.25, -0.2) is 0 Å². The standard InChI is InChI=1S/C16H26N2/c1-12-5-6-16(14(3)13(12)2)7-8-18(4)11-15-9-17-10-15/h5-6,15,17H,7-11H2,1-4H3. The molecule has 1 N–H and O–H groups in total. The molecule has 0 saturated carbocycles. The minimum Gasteiger partial charge on any atom is -0.316 e. The minimum absolute atomic E-state index is 0.871. The second kappa shape index (κ2) is 5.85. The van der Waals surface area contributed by atoms with Gasteiger partial charge in [-0.05, 0) is 62.4 Å². The van der Waals surface area contributed by atoms with Gasteiger partial charge in [-0.1, -0.05) is 12.1 Å². The molecule has 1 aliphatic heterocycles. The third kappa shape index (κ3) is 3.12. The van der Waals surface area contributed by atoms with Crippen molar-refractivity contribution in [1.82, 2.24) is 10.2 Å². The van der Waals surface area contributed by atoms with Crippen LogP contribution in [0.5, 0.6) is 0 Å². The lowest BCUT2D eigenvalue weighted by Crippen LogP contribution is -2.47. The maximum absolute atomic E-state index is 3.34. The number of rotatable bonds is 5. The van der Waals surface area contributed by atoms with E-state index in [-0.39, 0.29) is 0 Å². The molecule has 1 aliphatic rings. The van der Waals surface area contributed by atoms with Crippen LogP contribution >= 0.6 is 0 Å². The molecule has 0 aromatic heterocycles. The summed E-state index contributed by atoms with van der Waals surface area (Å²) in [7, 11) is 2.24. The molecule has 0 amide bonds. The Bertz CT molecular complexity index is 408. The van der Waals surface area contributed by atoms with E-state index in [9.17, 15) is 0 Å². The fourth-order valence-electron chi connectivity index (χ4n) is 2.60. The second-order valence-electron chi connectivity index (χ2n) is 5.83. The third-order valence-electron chi connectivity index (χ3n) is 4.37. The highest BCUT2D eigenvalue weighted by Gasteiger charge is 2.18. The Hall–Kier alpha value is -0.860. The predicted octanol–water partition coefficient (Wildman–Crippen LogP) is 2.31. The molecular formula is C16H26N2. The fourth-order valence-corrected chi connectivity index (χ4v) is 2.60. The summed E-state index contributed by atoms with van der Waals surface area (Å²) in [6.07, 6.45) is 1.17. The number of hydrogen-bond acceptors (Lipinski definition) is 2. The summed E-state index contributed by atoms with van der Waals surface area (Å²) in [5, 5.41) is 3.34. The average molecular weight is 246 g/mol. The molecule has 0 bridgehead atoms. The molecule has 1 aromatic rings. The molecule has 2 heteroatoms. The van der Waals surface area contributed by atoms with E-state index < -0.39 is 0 Å². The smallest absolute Gasteiger partial charge is 0.00311 e. The van der Waals surface area contributed by atoms with Crippen molar-refractivity contribution in [2.75, 3.05) is 33.2 Å². The van der Waals surface area contributed by atoms with Crippen molar-refractivity contribution < 1.29 is 0 Å². The molecule has 0 aliphatic carbocycles. The minimum atomic E-state index is 0.871. The quantitative estimate of drug-likeness (QED) is 0.857. The Balaban J connectivity index is 1.87. The first kappa shape index (κ1) is 13.6. The van der Waals surface area contributed by atoms with Crippen LogP contribution in [0.25, 0.3) is 0 Å². The summed E-state index contributed by atoms with van der Waals surface area (Å²) in [4.78, 5) is 2.47. The molecular weight excluding hydrogens is 220 g/mol. The van der Waals surface area contributed by atoms with Gasteiger partial charge in [-0.15, -0.1) is 0 Å². The Labute approximate surface area is 111 Å². The number of likely N-dealkylation sites (N-methyl/N-ethyl adjacent to an activating group) is 1. The summed E-state index contributed by atoms with van der Waals surface area (Å²) in [6, 6.07) is 4.56. The Kier molecular flexibility index (Phi) is 4.41. The van der Waals surface area contributed by atoms with Crippen LogP contribution in [0.15, 0.2) is 12.1 Å². The maximum Gasteiger partial charge on any atom is 0.00311 e. The zero-order valence-corrected chi connectivity index (χ0v) is 12.2. The first-order chi connectivity index (χ1) is 8.58. The highest BCUT2D eigenvalue weighted by molar-refractivity contribution is 5.38. The fraction of sp³-hybridized carbons (Fsp3) is 0.625. The van der Waals surface area contributed by atoms with Crippen LogP contribution in [0.3, 0.4) is 0 Å². The van der Waals surface area contributed by atoms with E-state index in [2.05, 4.69) is 50.2 Å². The lowest BCUT2D eigenvalue weighted by Gasteiger charge is -2.31. The van der Waals surface area contributed by atoms with Crippen molar-refractivity contribution in [2.24, 2.45) is 5.92 Å². The Morgan fingerprint density at radius 3 is 2.50 bits per heavy atom. The van der Waals surface area contributed by atoms with Gasteiger partial charge in [0.05, 0.1) is 0 Å². The first-order valence-corrected chi connectivity index (χ1v) is 7.03. The number of nitrogens with one attached hydrogen (secondary N) is 1. The lowest BCUT2D eigenvalue weighted by atomic mass is 9.96. The van der Waals surface area contributed by atoms with E-state index in [0.29, 0.717) is 0 Å². The van der Waals surface area contributed by atoms with E-state index in [0.717, 1.165) is 5.92 Å². The van der Waals surface area contributed by atoms with Crippen molar-refractivity contribution >= 4 is 0 Å². The molecule has 0 unspecified atom stereocenters. The van der Waals surface area contributed by atoms with Crippen molar-refractivity contribution in [3.63, 3.8) is 0 Å². The number of aryl methyl sites for hydroxylation is 1. The SMILES string of the molecule is Cc1ccc(CCN(C)CC2CNC2)c(C)c1C. The molecule has 1 heterocycles. The maximum atomic E-state index is 3.34. The topological polar surface area (TPSA) is 15.3 Å². The molecule has 100 valence electrons. The van der Waals surface area contributed by atoms with Crippen molar-refractivity contribution in [2.45, 2.75) is 27.2 Å². The first-order valence-electron chi connectivity index (χ1n) is 7.03. The van der Waals surface area contributed by atoms with E-state index >= 15 is 0 Å². The highest BCUT2D eigenvalue weighted by atomic mass is 15.1. The molecule has 2 nitrogen and oxygen atoms in total. The van der Waals surface area contributed by atoms with Gasteiger partial charge in [-0.3, -0.25) is 0 Å². The van der Waals surface area contributed by atoms with Gasteiger partial charge in [0.25, 0.3) is 0 Å². The molecule has 1 fully saturated rings. The van der Waals surface area contributed by atoms with Crippen LogP contribution in [0.1, 0.15) is 22.3 Å². The van der Waals surface area contributed by atoms with Gasteiger partial charge in [0.2, 0.25) is 0 Å². The zero-order valence-electron chi connectivity index (χ0n) is 12.2. The molecule has 1 aromatic carbocycles. The van der Waals surface area contributed by atoms with Gasteiger partial charge in [0, 0.05) is 26.2 Å². The molecule has 2 rings (SSSR count). The summed E-state index contributed by atoms with van der Waals surface area (Å²) in [6.45, 7) is 11.5. The van der Waals surface area contributed by atoms with Crippen LogP contribution in [0.2, 0.25) is 0 Å². The summed E-state index contributed by atoms with van der Waals surface area (Å²) >= 11 is 0. The summed E-state index contributed by atoms with van der Waals surface area (Å²) < 4.78 is 0. The van der Waals surface area contributed by atoms with Gasteiger partial charge in [0.1, 0.15) is 0 Å². The lowest BCUT2D eigenvalue weighted by molar-refractivity contribution is 0.226. The van der Waals surface area contributed by atoms with Crippen molar-refractivity contribution in [1.29, 1.82) is 0 Å². The van der Waals surface area contributed by atoms with Crippen LogP contribution in [0, 0.1) is 26.7 Å². The molecule has 0 radical (unpaired) electrons. The highest BCUT2D eigenvalue weighted by Crippen LogP contribution is 2.18. The number of benzene rings is 1. The molecule has 0 atom stereocenters. The van der Waals surface area contributed by atoms with Crippen molar-refractivity contribution in [3.8, 4) is 0 Å². The Morgan fingerprint density at radius 2 is 1.89 bits per heavy atom. The van der Waals surface area contributed by atoms with Gasteiger partial charge < -0.3 is 10.2 Å². The average Bonchev–Trinajstić information content (AvgIpc) is 2.30. The molecule has 18 heavy (non-hydrogen) atoms. The Morgan fingerprint density at radius 1 is 1.17 bits per heavy atom. The van der Waals surface area contributed by atoms with Gasteiger partial charge in [-0.2, -0.15) is 0 Å². The molecule has 1 saturated heterocycles. The van der Waals surface area contributed by atoms with E-state index in [4.69, 9.17) is 0 Å². The van der Waals surface area contributed by atoms with Crippen LogP contribution < -0.4 is 5.32 Å². The van der Waals surface area contributed by atoms with Gasteiger partial charge >= 0.3 is 0 Å². The largest absolute Gasteiger partial charge is 0.316 e. The van der Waals surface area contributed by atoms with E-state index in [1.807, 2.05) is 0 Å². The van der Waals surface area contributed by atoms with E-state index in [1.54, 1.807) is 0 Å². The predicted molar refractivity (Wildman–Crippen MR) is 78.2 cm³/mol. The van der Waals surface area contributed by atoms with Crippen LogP contribution in [-0.2, 0) is 6.42 Å². The van der Waals surface area contributed by atoms with Crippen LogP contribution in [0.4, 0.5) is 0 Å². The third-order valence-corrected chi connectivity index (χ3v) is 4.37. The second-order valence-corrected chi connectivity index (χ2v) is 5.83. The zero-order chi connectivity index (χ0) is 13.1. The molecule has 0 spiro atoms. The summed E-state index contributed by atoms with van der Waals surface area (Å²) in [5.41, 5.74) is 5.86. The number of hydrogen-bond donors (Lipinski definition) is 1.